The molecule has 0 bridgehead atoms. The standard InChI is InChI=1S/C5H8N6/c1-7-11-5-8-2-4(6)10(5)3-9-11/h2-3,7H,6H2,1H3. The molecular weight excluding hydrogens is 144 g/mol. The highest BCUT2D eigenvalue weighted by Crippen LogP contribution is 2.04. The summed E-state index contributed by atoms with van der Waals surface area (Å²) in [7, 11) is 1.76. The van der Waals surface area contributed by atoms with Gasteiger partial charge in [0.25, 0.3) is 5.78 Å². The van der Waals surface area contributed by atoms with Crippen LogP contribution in [-0.4, -0.2) is 26.3 Å². The lowest BCUT2D eigenvalue weighted by Gasteiger charge is -1.94. The summed E-state index contributed by atoms with van der Waals surface area (Å²) in [5.41, 5.74) is 8.39. The number of aromatic nitrogens is 4. The van der Waals surface area contributed by atoms with Crippen LogP contribution in [0.15, 0.2) is 12.5 Å². The van der Waals surface area contributed by atoms with Gasteiger partial charge in [-0.25, -0.2) is 4.98 Å². The molecule has 0 unspecified atom stereocenters. The van der Waals surface area contributed by atoms with Gasteiger partial charge in [0.1, 0.15) is 12.1 Å². The lowest BCUT2D eigenvalue weighted by Crippen LogP contribution is -2.10. The minimum Gasteiger partial charge on any atom is -0.383 e. The second-order valence-corrected chi connectivity index (χ2v) is 2.12. The molecule has 0 amide bonds. The third-order valence-electron chi connectivity index (χ3n) is 1.49. The summed E-state index contributed by atoms with van der Waals surface area (Å²) in [5, 5.41) is 3.96. The number of imidazole rings is 1. The van der Waals surface area contributed by atoms with Crippen LogP contribution in [-0.2, 0) is 0 Å². The maximum Gasteiger partial charge on any atom is 0.253 e. The molecule has 0 aliphatic heterocycles. The lowest BCUT2D eigenvalue weighted by atomic mass is 10.8. The van der Waals surface area contributed by atoms with Crippen molar-refractivity contribution in [3.05, 3.63) is 12.5 Å². The van der Waals surface area contributed by atoms with Gasteiger partial charge in [-0.3, -0.25) is 4.40 Å². The van der Waals surface area contributed by atoms with Crippen LogP contribution in [0.4, 0.5) is 5.82 Å². The zero-order chi connectivity index (χ0) is 7.84. The first-order chi connectivity index (χ1) is 5.33. The Hall–Kier alpha value is -1.72. The monoisotopic (exact) mass is 152 g/mol. The number of rotatable bonds is 1. The number of fused-ring (bicyclic) bond motifs is 1. The summed E-state index contributed by atoms with van der Waals surface area (Å²) in [6.07, 6.45) is 3.19. The fourth-order valence-corrected chi connectivity index (χ4v) is 0.951. The Labute approximate surface area is 62.6 Å². The van der Waals surface area contributed by atoms with Crippen molar-refractivity contribution in [3.63, 3.8) is 0 Å². The minimum absolute atomic E-state index is 0.585. The molecule has 3 N–H and O–H groups in total. The quantitative estimate of drug-likeness (QED) is 0.566. The summed E-state index contributed by atoms with van der Waals surface area (Å²) in [6.45, 7) is 0. The molecule has 0 saturated carbocycles. The maximum atomic E-state index is 5.56. The van der Waals surface area contributed by atoms with Crippen molar-refractivity contribution in [2.75, 3.05) is 18.2 Å². The molecule has 0 spiro atoms. The van der Waals surface area contributed by atoms with Gasteiger partial charge < -0.3 is 11.2 Å². The molecule has 0 aliphatic rings. The Kier molecular flexibility index (Phi) is 1.03. The van der Waals surface area contributed by atoms with Crippen molar-refractivity contribution in [3.8, 4) is 0 Å². The van der Waals surface area contributed by atoms with Crippen LogP contribution in [0.25, 0.3) is 5.78 Å². The Morgan fingerprint density at radius 1 is 1.64 bits per heavy atom. The van der Waals surface area contributed by atoms with E-state index in [0.717, 1.165) is 0 Å². The predicted octanol–water partition coefficient (Wildman–Crippen LogP) is -0.714. The van der Waals surface area contributed by atoms with Crippen LogP contribution in [0.2, 0.25) is 0 Å². The minimum atomic E-state index is 0.585. The van der Waals surface area contributed by atoms with E-state index in [4.69, 9.17) is 5.73 Å². The van der Waals surface area contributed by atoms with E-state index in [1.807, 2.05) is 0 Å². The zero-order valence-corrected chi connectivity index (χ0v) is 6.02. The van der Waals surface area contributed by atoms with Crippen LogP contribution in [0.3, 0.4) is 0 Å². The molecule has 0 saturated heterocycles. The molecule has 2 aromatic heterocycles. The molecule has 2 rings (SSSR count). The molecule has 2 heterocycles. The number of nitrogens with two attached hydrogens (primary N) is 1. The van der Waals surface area contributed by atoms with E-state index in [2.05, 4.69) is 15.5 Å². The van der Waals surface area contributed by atoms with E-state index in [0.29, 0.717) is 11.6 Å². The Morgan fingerprint density at radius 3 is 3.18 bits per heavy atom. The SMILES string of the molecule is CNn1ncn2c(N)cnc12. The first-order valence-corrected chi connectivity index (χ1v) is 3.17. The summed E-state index contributed by atoms with van der Waals surface area (Å²) < 4.78 is 1.69. The van der Waals surface area contributed by atoms with E-state index >= 15 is 0 Å². The van der Waals surface area contributed by atoms with Crippen molar-refractivity contribution in [2.24, 2.45) is 0 Å². The zero-order valence-electron chi connectivity index (χ0n) is 6.02. The molecule has 58 valence electrons. The van der Waals surface area contributed by atoms with Gasteiger partial charge in [-0.15, -0.1) is 9.89 Å². The van der Waals surface area contributed by atoms with Crippen LogP contribution in [0.5, 0.6) is 0 Å². The highest BCUT2D eigenvalue weighted by molar-refractivity contribution is 5.41. The van der Waals surface area contributed by atoms with Crippen LogP contribution >= 0.6 is 0 Å². The first-order valence-electron chi connectivity index (χ1n) is 3.17. The Bertz CT molecular complexity index is 371. The number of anilines is 1. The molecule has 0 aromatic carbocycles. The molecule has 11 heavy (non-hydrogen) atoms. The molecule has 0 fully saturated rings. The molecule has 6 nitrogen and oxygen atoms in total. The predicted molar refractivity (Wildman–Crippen MR) is 40.7 cm³/mol. The van der Waals surface area contributed by atoms with Gasteiger partial charge >= 0.3 is 0 Å². The molecular formula is C5H8N6. The van der Waals surface area contributed by atoms with E-state index in [1.165, 1.54) is 4.79 Å². The number of nitrogens with one attached hydrogen (secondary N) is 1. The van der Waals surface area contributed by atoms with Crippen LogP contribution < -0.4 is 11.2 Å². The average molecular weight is 152 g/mol. The summed E-state index contributed by atoms with van der Waals surface area (Å²) in [5.74, 6) is 1.27. The molecule has 6 heteroatoms. The van der Waals surface area contributed by atoms with Crippen molar-refractivity contribution >= 4 is 11.6 Å². The highest BCUT2D eigenvalue weighted by atomic mass is 15.6. The van der Waals surface area contributed by atoms with E-state index < -0.39 is 0 Å². The number of nitrogens with zero attached hydrogens (tertiary/aromatic N) is 4. The third kappa shape index (κ3) is 0.658. The van der Waals surface area contributed by atoms with Crippen LogP contribution in [0, 0.1) is 0 Å². The van der Waals surface area contributed by atoms with E-state index in [9.17, 15) is 0 Å². The maximum absolute atomic E-state index is 5.56. The number of hydrogen-bond donors (Lipinski definition) is 2. The largest absolute Gasteiger partial charge is 0.383 e. The normalized spacial score (nSPS) is 10.6. The van der Waals surface area contributed by atoms with Gasteiger partial charge in [-0.1, -0.05) is 0 Å². The van der Waals surface area contributed by atoms with Gasteiger partial charge in [0.2, 0.25) is 0 Å². The van der Waals surface area contributed by atoms with Crippen molar-refractivity contribution in [2.45, 2.75) is 0 Å². The lowest BCUT2D eigenvalue weighted by molar-refractivity contribution is 0.800. The van der Waals surface area contributed by atoms with Gasteiger partial charge in [0.05, 0.1) is 6.20 Å². The fourth-order valence-electron chi connectivity index (χ4n) is 0.951. The summed E-state index contributed by atoms with van der Waals surface area (Å²) in [6, 6.07) is 0. The van der Waals surface area contributed by atoms with Gasteiger partial charge in [0.15, 0.2) is 0 Å². The molecule has 0 atom stereocenters. The van der Waals surface area contributed by atoms with Gasteiger partial charge in [-0.2, -0.15) is 0 Å². The highest BCUT2D eigenvalue weighted by Gasteiger charge is 2.03. The van der Waals surface area contributed by atoms with Gasteiger partial charge in [-0.05, 0) is 0 Å². The van der Waals surface area contributed by atoms with Crippen LogP contribution in [0.1, 0.15) is 0 Å². The Morgan fingerprint density at radius 2 is 2.45 bits per heavy atom. The second-order valence-electron chi connectivity index (χ2n) is 2.12. The molecule has 0 radical (unpaired) electrons. The van der Waals surface area contributed by atoms with E-state index in [-0.39, 0.29) is 0 Å². The number of hydrogen-bond acceptors (Lipinski definition) is 4. The van der Waals surface area contributed by atoms with Crippen molar-refractivity contribution < 1.29 is 0 Å². The summed E-state index contributed by atoms with van der Waals surface area (Å²) in [4.78, 5) is 5.56. The number of nitrogen functional groups attached to an aromatic ring is 1. The average Bonchev–Trinajstić information content (AvgIpc) is 2.53. The second kappa shape index (κ2) is 1.88. The van der Waals surface area contributed by atoms with Crippen molar-refractivity contribution in [1.82, 2.24) is 19.3 Å². The smallest absolute Gasteiger partial charge is 0.253 e. The fraction of sp³-hybridized carbons (Fsp3) is 0.200. The van der Waals surface area contributed by atoms with Crippen molar-refractivity contribution in [1.29, 1.82) is 0 Å². The first kappa shape index (κ1) is 6.02. The topological polar surface area (TPSA) is 73.2 Å². The summed E-state index contributed by atoms with van der Waals surface area (Å²) >= 11 is 0. The third-order valence-corrected chi connectivity index (χ3v) is 1.49. The molecule has 2 aromatic rings. The van der Waals surface area contributed by atoms with Gasteiger partial charge in [0, 0.05) is 7.05 Å². The molecule has 0 aliphatic carbocycles. The van der Waals surface area contributed by atoms with E-state index in [1.54, 1.807) is 24.0 Å². The Balaban J connectivity index is 2.77.